The van der Waals surface area contributed by atoms with Gasteiger partial charge in [-0.25, -0.2) is 0 Å². The summed E-state index contributed by atoms with van der Waals surface area (Å²) in [5.41, 5.74) is 0. The number of hydrogen-bond donors (Lipinski definition) is 0. The molecule has 0 rings (SSSR count). The van der Waals surface area contributed by atoms with Crippen LogP contribution in [-0.2, 0) is 82.1 Å². The Morgan fingerprint density at radius 3 is 1.00 bits per heavy atom. The zero-order valence-corrected chi connectivity index (χ0v) is 8.15. The molecule has 0 aliphatic rings. The van der Waals surface area contributed by atoms with Crippen LogP contribution in [0.25, 0.3) is 0 Å². The maximum Gasteiger partial charge on any atom is 0.187 e. The van der Waals surface area contributed by atoms with Crippen molar-refractivity contribution in [3.63, 3.8) is 0 Å². The molecule has 0 amide bonds. The molecule has 0 N–H and O–H groups in total. The summed E-state index contributed by atoms with van der Waals surface area (Å²) in [7, 11) is 0. The van der Waals surface area contributed by atoms with E-state index in [0.717, 1.165) is 0 Å². The molecule has 0 saturated carbocycles. The van der Waals surface area contributed by atoms with Crippen molar-refractivity contribution in [2.75, 3.05) is 0 Å². The third kappa shape index (κ3) is 19.1. The molecule has 0 fully saturated rings. The first-order valence-corrected chi connectivity index (χ1v) is 0. The number of rotatable bonds is 0. The van der Waals surface area contributed by atoms with Gasteiger partial charge in [-0.05, 0) is 0 Å². The maximum atomic E-state index is 0. The second-order valence-corrected chi connectivity index (χ2v) is 0. The van der Waals surface area contributed by atoms with E-state index < -0.39 is 0 Å². The maximum absolute atomic E-state index is 0. The average molecular weight is 336 g/mol. The molecule has 0 atom stereocenters. The van der Waals surface area contributed by atoms with Crippen LogP contribution in [0.2, 0.25) is 0 Å². The van der Waals surface area contributed by atoms with Gasteiger partial charge < -0.3 is 0 Å². The van der Waals surface area contributed by atoms with E-state index in [2.05, 4.69) is 0 Å². The molecule has 0 unspecified atom stereocenters. The minimum Gasteiger partial charge on any atom is 0 e. The molecule has 0 aliphatic carbocycles. The Morgan fingerprint density at radius 1 is 1.00 bits per heavy atom. The molecule has 2 radical (unpaired) electrons. The van der Waals surface area contributed by atoms with Crippen molar-refractivity contribution in [2.45, 2.75) is 0 Å². The van der Waals surface area contributed by atoms with Crippen LogP contribution < -0.4 is 0 Å². The summed E-state index contributed by atoms with van der Waals surface area (Å²) < 4.78 is 0. The Labute approximate surface area is 97.8 Å². The van der Waals surface area contributed by atoms with E-state index in [1.807, 2.05) is 0 Å². The fourth-order valence-corrected chi connectivity index (χ4v) is 0. The van der Waals surface area contributed by atoms with E-state index >= 15 is 0 Å². The molecule has 36 valence electrons. The monoisotopic (exact) mass is 334 g/mol. The van der Waals surface area contributed by atoms with Gasteiger partial charge in [0.25, 0.3) is 0 Å². The first-order valence-electron chi connectivity index (χ1n) is 0. The van der Waals surface area contributed by atoms with Crippen molar-refractivity contribution in [3.8, 4) is 0 Å². The van der Waals surface area contributed by atoms with E-state index in [9.17, 15) is 0 Å². The predicted molar refractivity (Wildman–Crippen MR) is 9.94 cm³/mol. The van der Waals surface area contributed by atoms with Crippen LogP contribution in [0.5, 0.6) is 0 Å². The standard InChI is InChI=1S/Al.Cu.Nb.Ni.Zr.3H. The van der Waals surface area contributed by atoms with E-state index in [1.54, 1.807) is 0 Å². The summed E-state index contributed by atoms with van der Waals surface area (Å²) in [6, 6.07) is 0. The second-order valence-electron chi connectivity index (χ2n) is 0. The first kappa shape index (κ1) is 41.8. The largest absolute Gasteiger partial charge is 0.187 e. The van der Waals surface area contributed by atoms with Gasteiger partial charge in [0, 0.05) is 82.1 Å². The Hall–Kier alpha value is 3.17. The molecule has 0 nitrogen and oxygen atoms in total. The van der Waals surface area contributed by atoms with Crippen molar-refractivity contribution in [3.05, 3.63) is 0 Å². The van der Waals surface area contributed by atoms with E-state index in [0.29, 0.717) is 0 Å². The number of hydrogen-bond acceptors (Lipinski definition) is 0. The summed E-state index contributed by atoms with van der Waals surface area (Å²) in [5.74, 6) is 0. The summed E-state index contributed by atoms with van der Waals surface area (Å²) in [6.45, 7) is 0. The van der Waals surface area contributed by atoms with Crippen molar-refractivity contribution >= 4 is 17.4 Å². The van der Waals surface area contributed by atoms with Gasteiger partial charge in [-0.15, -0.1) is 0 Å². The molecule has 0 aromatic heterocycles. The minimum atomic E-state index is 0. The fourth-order valence-electron chi connectivity index (χ4n) is 0. The molecule has 0 heterocycles. The quantitative estimate of drug-likeness (QED) is 0.488. The minimum absolute atomic E-state index is 0. The van der Waals surface area contributed by atoms with Gasteiger partial charge in [-0.2, -0.15) is 0 Å². The van der Waals surface area contributed by atoms with Gasteiger partial charge in [-0.1, -0.05) is 0 Å². The van der Waals surface area contributed by atoms with Crippen molar-refractivity contribution in [1.82, 2.24) is 0 Å². The van der Waals surface area contributed by atoms with Gasteiger partial charge in [0.15, 0.2) is 17.4 Å². The fraction of sp³-hybridized carbons (Fsp3) is 0. The third-order valence-electron chi connectivity index (χ3n) is 0. The molecule has 0 spiro atoms. The van der Waals surface area contributed by atoms with Gasteiger partial charge in [0.1, 0.15) is 0 Å². The summed E-state index contributed by atoms with van der Waals surface area (Å²) in [4.78, 5) is 0. The third-order valence-corrected chi connectivity index (χ3v) is 0. The van der Waals surface area contributed by atoms with Gasteiger partial charge in [-0.3, -0.25) is 0 Å². The van der Waals surface area contributed by atoms with Crippen LogP contribution in [0, 0.1) is 0 Å². The summed E-state index contributed by atoms with van der Waals surface area (Å²) in [6.07, 6.45) is 0. The Bertz CT molecular complexity index is 11.6. The van der Waals surface area contributed by atoms with Crippen molar-refractivity contribution in [1.29, 1.82) is 0 Å². The molecular weight excluding hydrogens is 333 g/mol. The zero-order valence-electron chi connectivity index (χ0n) is 1.56. The van der Waals surface area contributed by atoms with Crippen molar-refractivity contribution < 1.29 is 82.1 Å². The SMILES string of the molecule is [AlH3].[Cu].[Nb].[Ni].[Zr]. The summed E-state index contributed by atoms with van der Waals surface area (Å²) >= 11 is 0. The molecule has 0 aromatic carbocycles. The van der Waals surface area contributed by atoms with Crippen molar-refractivity contribution in [2.24, 2.45) is 0 Å². The van der Waals surface area contributed by atoms with E-state index in [-0.39, 0.29) is 99.5 Å². The summed E-state index contributed by atoms with van der Waals surface area (Å²) in [5, 5.41) is 0. The van der Waals surface area contributed by atoms with E-state index in [1.165, 1.54) is 0 Å². The van der Waals surface area contributed by atoms with Gasteiger partial charge >= 0.3 is 0 Å². The van der Waals surface area contributed by atoms with Crippen LogP contribution >= 0.6 is 0 Å². The molecule has 5 heavy (non-hydrogen) atoms. The topological polar surface area (TPSA) is 0 Å². The van der Waals surface area contributed by atoms with E-state index in [4.69, 9.17) is 0 Å². The average Bonchev–Trinajstić information content (AvgIpc) is 0. The van der Waals surface area contributed by atoms with Crippen LogP contribution in [0.3, 0.4) is 0 Å². The second kappa shape index (κ2) is 27.2. The smallest absolute Gasteiger partial charge is 0 e. The van der Waals surface area contributed by atoms with Crippen LogP contribution in [0.1, 0.15) is 0 Å². The van der Waals surface area contributed by atoms with Crippen LogP contribution in [0.4, 0.5) is 0 Å². The Kier molecular flexibility index (Phi) is 227. The zero-order chi connectivity index (χ0) is 0. The molecular formula is H3AlCuNbNiZr. The molecule has 0 saturated heterocycles. The molecule has 5 heteroatoms. The molecule has 0 aromatic rings. The first-order chi connectivity index (χ1) is 0. The van der Waals surface area contributed by atoms with Gasteiger partial charge in [0.05, 0.1) is 0 Å². The van der Waals surface area contributed by atoms with Gasteiger partial charge in [0.2, 0.25) is 0 Å². The molecule has 0 aliphatic heterocycles. The van der Waals surface area contributed by atoms with Crippen LogP contribution in [-0.4, -0.2) is 17.4 Å². The molecule has 0 bridgehead atoms. The Balaban J connectivity index is 0. The Morgan fingerprint density at radius 2 is 1.00 bits per heavy atom. The van der Waals surface area contributed by atoms with Crippen LogP contribution in [0.15, 0.2) is 0 Å². The normalized spacial score (nSPS) is 0. The predicted octanol–water partition coefficient (Wildman–Crippen LogP) is -1.19.